The van der Waals surface area contributed by atoms with E-state index in [2.05, 4.69) is 34.5 Å². The summed E-state index contributed by atoms with van der Waals surface area (Å²) in [5.74, 6) is 0.932. The van der Waals surface area contributed by atoms with Gasteiger partial charge in [0.15, 0.2) is 5.84 Å². The molecule has 4 nitrogen and oxygen atoms in total. The first kappa shape index (κ1) is 13.3. The van der Waals surface area contributed by atoms with Gasteiger partial charge in [0.1, 0.15) is 6.17 Å². The highest BCUT2D eigenvalue weighted by Crippen LogP contribution is 2.31. The minimum Gasteiger partial charge on any atom is -0.304 e. The maximum atomic E-state index is 6.24. The second-order valence-corrected chi connectivity index (χ2v) is 5.83. The molecular weight excluding hydrogens is 296 g/mol. The monoisotopic (exact) mass is 310 g/mol. The van der Waals surface area contributed by atoms with E-state index in [0.29, 0.717) is 11.6 Å². The zero-order chi connectivity index (χ0) is 15.1. The Kier molecular flexibility index (Phi) is 3.12. The number of nitrogens with zero attached hydrogens (tertiary/aromatic N) is 3. The van der Waals surface area contributed by atoms with E-state index in [1.165, 1.54) is 0 Å². The van der Waals surface area contributed by atoms with Crippen LogP contribution in [0.5, 0.6) is 0 Å². The van der Waals surface area contributed by atoms with E-state index in [-0.39, 0.29) is 6.17 Å². The van der Waals surface area contributed by atoms with Gasteiger partial charge >= 0.3 is 0 Å². The van der Waals surface area contributed by atoms with Gasteiger partial charge in [0.05, 0.1) is 17.9 Å². The predicted octanol–water partition coefficient (Wildman–Crippen LogP) is 3.26. The van der Waals surface area contributed by atoms with Crippen molar-refractivity contribution < 1.29 is 0 Å². The molecule has 1 unspecified atom stereocenters. The average Bonchev–Trinajstić information content (AvgIpc) is 2.82. The molecule has 110 valence electrons. The lowest BCUT2D eigenvalue weighted by Crippen LogP contribution is -2.38. The minimum absolute atomic E-state index is 0.111. The Morgan fingerprint density at radius 3 is 2.82 bits per heavy atom. The maximum absolute atomic E-state index is 6.24. The van der Waals surface area contributed by atoms with Crippen LogP contribution >= 0.6 is 11.6 Å². The highest BCUT2D eigenvalue weighted by molar-refractivity contribution is 6.32. The summed E-state index contributed by atoms with van der Waals surface area (Å²) in [6.07, 6.45) is 0.111. The second-order valence-electron chi connectivity index (χ2n) is 5.40. The van der Waals surface area contributed by atoms with Crippen LogP contribution in [0.1, 0.15) is 18.1 Å². The zero-order valence-electron chi connectivity index (χ0n) is 12.1. The van der Waals surface area contributed by atoms with Crippen LogP contribution in [-0.4, -0.2) is 24.3 Å². The van der Waals surface area contributed by atoms with Crippen molar-refractivity contribution in [1.82, 2.24) is 5.43 Å². The first-order chi connectivity index (χ1) is 10.7. The smallest absolute Gasteiger partial charge is 0.152 e. The summed E-state index contributed by atoms with van der Waals surface area (Å²) < 4.78 is 0. The average molecular weight is 311 g/mol. The van der Waals surface area contributed by atoms with Crippen molar-refractivity contribution in [3.8, 4) is 0 Å². The number of benzene rings is 2. The van der Waals surface area contributed by atoms with E-state index in [1.54, 1.807) is 0 Å². The van der Waals surface area contributed by atoms with Crippen LogP contribution in [0.4, 0.5) is 5.69 Å². The number of hydrogen-bond donors (Lipinski definition) is 1. The SMILES string of the molecule is CC1NN=C2CN=C(c3ccccc3)c3cc(Cl)ccc3N21. The Labute approximate surface area is 134 Å². The zero-order valence-corrected chi connectivity index (χ0v) is 12.9. The van der Waals surface area contributed by atoms with Crippen molar-refractivity contribution in [1.29, 1.82) is 0 Å². The van der Waals surface area contributed by atoms with E-state index in [1.807, 2.05) is 36.4 Å². The van der Waals surface area contributed by atoms with E-state index >= 15 is 0 Å². The fourth-order valence-corrected chi connectivity index (χ4v) is 3.12. The van der Waals surface area contributed by atoms with Crippen molar-refractivity contribution in [2.24, 2.45) is 10.1 Å². The number of amidine groups is 1. The molecule has 4 rings (SSSR count). The Morgan fingerprint density at radius 2 is 2.00 bits per heavy atom. The van der Waals surface area contributed by atoms with Gasteiger partial charge in [-0.1, -0.05) is 41.9 Å². The molecule has 0 aliphatic carbocycles. The summed E-state index contributed by atoms with van der Waals surface area (Å²) in [5, 5.41) is 5.11. The molecule has 0 bridgehead atoms. The lowest BCUT2D eigenvalue weighted by Gasteiger charge is -2.25. The number of hydrazone groups is 1. The normalized spacial score (nSPS) is 19.5. The second kappa shape index (κ2) is 5.14. The third-order valence-electron chi connectivity index (χ3n) is 3.94. The molecule has 0 amide bonds. The molecule has 1 atom stereocenters. The van der Waals surface area contributed by atoms with Gasteiger partial charge in [-0.2, -0.15) is 5.10 Å². The van der Waals surface area contributed by atoms with E-state index in [4.69, 9.17) is 16.6 Å². The van der Waals surface area contributed by atoms with E-state index < -0.39 is 0 Å². The number of rotatable bonds is 1. The van der Waals surface area contributed by atoms with Crippen molar-refractivity contribution in [2.75, 3.05) is 11.4 Å². The number of hydrogen-bond acceptors (Lipinski definition) is 4. The Bertz CT molecular complexity index is 783. The van der Waals surface area contributed by atoms with Gasteiger partial charge < -0.3 is 4.90 Å². The molecule has 22 heavy (non-hydrogen) atoms. The van der Waals surface area contributed by atoms with Gasteiger partial charge in [0.2, 0.25) is 0 Å². The van der Waals surface area contributed by atoms with Crippen LogP contribution in [0.3, 0.4) is 0 Å². The molecule has 0 saturated carbocycles. The number of halogens is 1. The third-order valence-corrected chi connectivity index (χ3v) is 4.18. The first-order valence-corrected chi connectivity index (χ1v) is 7.63. The summed E-state index contributed by atoms with van der Waals surface area (Å²) in [6.45, 7) is 2.64. The molecule has 1 N–H and O–H groups in total. The van der Waals surface area contributed by atoms with Gasteiger partial charge in [0, 0.05) is 16.1 Å². The van der Waals surface area contributed by atoms with Crippen molar-refractivity contribution in [3.63, 3.8) is 0 Å². The fourth-order valence-electron chi connectivity index (χ4n) is 2.95. The molecule has 0 fully saturated rings. The van der Waals surface area contributed by atoms with Crippen LogP contribution < -0.4 is 10.3 Å². The van der Waals surface area contributed by atoms with Crippen LogP contribution in [-0.2, 0) is 0 Å². The number of fused-ring (bicyclic) bond motifs is 3. The summed E-state index contributed by atoms with van der Waals surface area (Å²) in [5.41, 5.74) is 7.29. The van der Waals surface area contributed by atoms with E-state index in [0.717, 1.165) is 28.4 Å². The third kappa shape index (κ3) is 2.07. The van der Waals surface area contributed by atoms with Gasteiger partial charge in [0.25, 0.3) is 0 Å². The largest absolute Gasteiger partial charge is 0.304 e. The van der Waals surface area contributed by atoms with Gasteiger partial charge in [-0.25, -0.2) is 0 Å². The molecule has 2 aliphatic heterocycles. The van der Waals surface area contributed by atoms with Crippen molar-refractivity contribution in [3.05, 3.63) is 64.7 Å². The first-order valence-electron chi connectivity index (χ1n) is 7.25. The van der Waals surface area contributed by atoms with Crippen molar-refractivity contribution in [2.45, 2.75) is 13.1 Å². The Hall–Kier alpha value is -2.33. The summed E-state index contributed by atoms with van der Waals surface area (Å²) in [7, 11) is 0. The minimum atomic E-state index is 0.111. The molecule has 0 saturated heterocycles. The molecule has 2 aromatic carbocycles. The van der Waals surface area contributed by atoms with Crippen LogP contribution in [0.25, 0.3) is 0 Å². The number of nitrogens with one attached hydrogen (secondary N) is 1. The fraction of sp³-hybridized carbons (Fsp3) is 0.176. The summed E-state index contributed by atoms with van der Waals surface area (Å²) in [6, 6.07) is 16.1. The maximum Gasteiger partial charge on any atom is 0.152 e. The van der Waals surface area contributed by atoms with Crippen LogP contribution in [0.2, 0.25) is 5.02 Å². The molecular formula is C17H15ClN4. The molecule has 0 radical (unpaired) electrons. The quantitative estimate of drug-likeness (QED) is 0.878. The van der Waals surface area contributed by atoms with Gasteiger partial charge in [-0.3, -0.25) is 10.4 Å². The van der Waals surface area contributed by atoms with Crippen LogP contribution in [0, 0.1) is 0 Å². The lowest BCUT2D eigenvalue weighted by molar-refractivity contribution is 0.632. The van der Waals surface area contributed by atoms with Gasteiger partial charge in [-0.15, -0.1) is 0 Å². The van der Waals surface area contributed by atoms with Gasteiger partial charge in [-0.05, 0) is 25.1 Å². The molecule has 0 aromatic heterocycles. The number of aliphatic imine (C=N–C) groups is 1. The molecule has 2 aromatic rings. The summed E-state index contributed by atoms with van der Waals surface area (Å²) in [4.78, 5) is 6.98. The van der Waals surface area contributed by atoms with E-state index in [9.17, 15) is 0 Å². The lowest BCUT2D eigenvalue weighted by atomic mass is 10.00. The molecule has 2 aliphatic rings. The predicted molar refractivity (Wildman–Crippen MR) is 90.9 cm³/mol. The van der Waals surface area contributed by atoms with Crippen LogP contribution in [0.15, 0.2) is 58.6 Å². The molecule has 5 heteroatoms. The Morgan fingerprint density at radius 1 is 1.18 bits per heavy atom. The Balaban J connectivity index is 1.94. The topological polar surface area (TPSA) is 40.0 Å². The standard InChI is InChI=1S/C17H15ClN4/c1-11-20-21-16-10-19-17(12-5-3-2-4-6-12)14-9-13(18)7-8-15(14)22(11)16/h2-9,11,20H,10H2,1H3. The molecule has 0 spiro atoms. The number of anilines is 1. The molecule has 2 heterocycles. The highest BCUT2D eigenvalue weighted by atomic mass is 35.5. The summed E-state index contributed by atoms with van der Waals surface area (Å²) >= 11 is 6.24. The van der Waals surface area contributed by atoms with Crippen molar-refractivity contribution >= 4 is 28.8 Å². The highest BCUT2D eigenvalue weighted by Gasteiger charge is 2.30.